The third kappa shape index (κ3) is 1.64. The summed E-state index contributed by atoms with van der Waals surface area (Å²) in [6.45, 7) is 0. The first-order valence-electron chi connectivity index (χ1n) is 7.56. The normalized spacial score (nSPS) is 35.9. The lowest BCUT2D eigenvalue weighted by atomic mass is 9.79. The molecule has 2 bridgehead atoms. The molecule has 1 heteroatoms. The van der Waals surface area contributed by atoms with Crippen LogP contribution in [0.5, 0.6) is 0 Å². The van der Waals surface area contributed by atoms with Crippen LogP contribution in [0.4, 0.5) is 0 Å². The van der Waals surface area contributed by atoms with E-state index in [2.05, 4.69) is 24.3 Å². The van der Waals surface area contributed by atoms with E-state index in [0.29, 0.717) is 11.8 Å². The Morgan fingerprint density at radius 1 is 1.00 bits per heavy atom. The van der Waals surface area contributed by atoms with E-state index in [1.54, 1.807) is 0 Å². The molecule has 3 aliphatic rings. The maximum Gasteiger partial charge on any atom is 0.0605 e. The Hall–Kier alpha value is -0.820. The average Bonchev–Trinajstić information content (AvgIpc) is 3.11. The van der Waals surface area contributed by atoms with Crippen molar-refractivity contribution >= 4 is 0 Å². The molecule has 18 heavy (non-hydrogen) atoms. The lowest BCUT2D eigenvalue weighted by Gasteiger charge is -2.30. The molecule has 0 aliphatic heterocycles. The Kier molecular flexibility index (Phi) is 2.51. The minimum absolute atomic E-state index is 0.0484. The topological polar surface area (TPSA) is 20.2 Å². The summed E-state index contributed by atoms with van der Waals surface area (Å²) in [6, 6.07) is 8.74. The molecule has 0 aromatic heterocycles. The lowest BCUT2D eigenvalue weighted by molar-refractivity contribution is 0.0285. The molecule has 0 spiro atoms. The van der Waals surface area contributed by atoms with Crippen LogP contribution < -0.4 is 0 Å². The monoisotopic (exact) mass is 242 g/mol. The molecule has 1 aromatic carbocycles. The molecule has 96 valence electrons. The summed E-state index contributed by atoms with van der Waals surface area (Å²) in [5, 5.41) is 10.7. The van der Waals surface area contributed by atoms with Crippen LogP contribution in [0.1, 0.15) is 36.8 Å². The molecular weight excluding hydrogens is 220 g/mol. The summed E-state index contributed by atoms with van der Waals surface area (Å²) in [6.07, 6.45) is 7.68. The SMILES string of the molecule is OC(C1Cc2ccccc2C1)C1CC2CCC1C2. The van der Waals surface area contributed by atoms with Gasteiger partial charge >= 0.3 is 0 Å². The van der Waals surface area contributed by atoms with E-state index in [4.69, 9.17) is 0 Å². The number of aliphatic hydroxyl groups excluding tert-OH is 1. The van der Waals surface area contributed by atoms with Crippen molar-refractivity contribution in [1.82, 2.24) is 0 Å². The predicted octanol–water partition coefficient (Wildman–Crippen LogP) is 3.20. The Morgan fingerprint density at radius 2 is 1.72 bits per heavy atom. The number of benzene rings is 1. The second-order valence-electron chi connectivity index (χ2n) is 6.77. The molecule has 0 heterocycles. The number of hydrogen-bond donors (Lipinski definition) is 1. The van der Waals surface area contributed by atoms with E-state index in [1.807, 2.05) is 0 Å². The third-order valence-electron chi connectivity index (χ3n) is 5.80. The van der Waals surface area contributed by atoms with Crippen molar-refractivity contribution in [3.05, 3.63) is 35.4 Å². The fourth-order valence-corrected chi connectivity index (χ4v) is 4.90. The summed E-state index contributed by atoms with van der Waals surface area (Å²) in [4.78, 5) is 0. The van der Waals surface area contributed by atoms with Crippen molar-refractivity contribution in [3.63, 3.8) is 0 Å². The van der Waals surface area contributed by atoms with Crippen LogP contribution in [-0.4, -0.2) is 11.2 Å². The maximum absolute atomic E-state index is 10.7. The Balaban J connectivity index is 1.49. The number of rotatable bonds is 2. The van der Waals surface area contributed by atoms with Crippen molar-refractivity contribution in [2.45, 2.75) is 44.6 Å². The molecular formula is C17H22O. The Labute approximate surface area is 109 Å². The van der Waals surface area contributed by atoms with E-state index in [1.165, 1.54) is 36.8 Å². The molecule has 0 radical (unpaired) electrons. The van der Waals surface area contributed by atoms with E-state index in [9.17, 15) is 5.11 Å². The molecule has 1 nitrogen and oxygen atoms in total. The first-order chi connectivity index (χ1) is 8.81. The van der Waals surface area contributed by atoms with Crippen LogP contribution in [0.15, 0.2) is 24.3 Å². The molecule has 1 aromatic rings. The second-order valence-corrected chi connectivity index (χ2v) is 6.77. The molecule has 3 aliphatic carbocycles. The van der Waals surface area contributed by atoms with Gasteiger partial charge in [-0.15, -0.1) is 0 Å². The van der Waals surface area contributed by atoms with E-state index in [0.717, 1.165) is 24.7 Å². The smallest absolute Gasteiger partial charge is 0.0605 e. The summed E-state index contributed by atoms with van der Waals surface area (Å²) in [5.41, 5.74) is 2.95. The predicted molar refractivity (Wildman–Crippen MR) is 72.3 cm³/mol. The van der Waals surface area contributed by atoms with Gasteiger partial charge in [-0.05, 0) is 66.9 Å². The van der Waals surface area contributed by atoms with E-state index < -0.39 is 0 Å². The summed E-state index contributed by atoms with van der Waals surface area (Å²) in [7, 11) is 0. The van der Waals surface area contributed by atoms with Gasteiger partial charge in [-0.25, -0.2) is 0 Å². The van der Waals surface area contributed by atoms with Gasteiger partial charge in [0.05, 0.1) is 6.10 Å². The lowest BCUT2D eigenvalue weighted by Crippen LogP contribution is -2.33. The van der Waals surface area contributed by atoms with Crippen molar-refractivity contribution < 1.29 is 5.11 Å². The first kappa shape index (κ1) is 11.0. The largest absolute Gasteiger partial charge is 0.393 e. The highest BCUT2D eigenvalue weighted by Gasteiger charge is 2.45. The van der Waals surface area contributed by atoms with Gasteiger partial charge < -0.3 is 5.11 Å². The summed E-state index contributed by atoms with van der Waals surface area (Å²) in [5.74, 6) is 2.89. The zero-order valence-electron chi connectivity index (χ0n) is 10.9. The van der Waals surface area contributed by atoms with Gasteiger partial charge in [-0.2, -0.15) is 0 Å². The van der Waals surface area contributed by atoms with Crippen LogP contribution in [0.2, 0.25) is 0 Å². The van der Waals surface area contributed by atoms with Gasteiger partial charge in [0.15, 0.2) is 0 Å². The number of fused-ring (bicyclic) bond motifs is 3. The number of aliphatic hydroxyl groups is 1. The van der Waals surface area contributed by atoms with Crippen molar-refractivity contribution in [2.24, 2.45) is 23.7 Å². The highest BCUT2D eigenvalue weighted by Crippen LogP contribution is 2.51. The summed E-state index contributed by atoms with van der Waals surface area (Å²) >= 11 is 0. The molecule has 2 fully saturated rings. The molecule has 0 amide bonds. The minimum atomic E-state index is -0.0484. The van der Waals surface area contributed by atoms with Gasteiger partial charge in [-0.1, -0.05) is 30.7 Å². The van der Waals surface area contributed by atoms with Gasteiger partial charge in [0.2, 0.25) is 0 Å². The fourth-order valence-electron chi connectivity index (χ4n) is 4.90. The van der Waals surface area contributed by atoms with Crippen molar-refractivity contribution in [3.8, 4) is 0 Å². The molecule has 4 atom stereocenters. The van der Waals surface area contributed by atoms with E-state index in [-0.39, 0.29) is 6.10 Å². The van der Waals surface area contributed by atoms with Crippen LogP contribution in [0, 0.1) is 23.7 Å². The fraction of sp³-hybridized carbons (Fsp3) is 0.647. The Morgan fingerprint density at radius 3 is 2.28 bits per heavy atom. The molecule has 2 saturated carbocycles. The van der Waals surface area contributed by atoms with Crippen LogP contribution >= 0.6 is 0 Å². The quantitative estimate of drug-likeness (QED) is 0.844. The third-order valence-corrected chi connectivity index (χ3v) is 5.80. The molecule has 4 unspecified atom stereocenters. The van der Waals surface area contributed by atoms with Gasteiger partial charge in [0.25, 0.3) is 0 Å². The molecule has 0 saturated heterocycles. The highest BCUT2D eigenvalue weighted by atomic mass is 16.3. The number of hydrogen-bond acceptors (Lipinski definition) is 1. The van der Waals surface area contributed by atoms with Gasteiger partial charge in [0, 0.05) is 0 Å². The van der Waals surface area contributed by atoms with Crippen LogP contribution in [0.25, 0.3) is 0 Å². The molecule has 4 rings (SSSR count). The van der Waals surface area contributed by atoms with Crippen LogP contribution in [0.3, 0.4) is 0 Å². The average molecular weight is 242 g/mol. The van der Waals surface area contributed by atoms with Crippen LogP contribution in [-0.2, 0) is 12.8 Å². The molecule has 1 N–H and O–H groups in total. The van der Waals surface area contributed by atoms with E-state index >= 15 is 0 Å². The standard InChI is InChI=1S/C17H22O/c18-17(16-8-11-5-6-14(16)7-11)15-9-12-3-1-2-4-13(12)10-15/h1-4,11,14-18H,5-10H2. The van der Waals surface area contributed by atoms with Crippen molar-refractivity contribution in [1.29, 1.82) is 0 Å². The maximum atomic E-state index is 10.7. The van der Waals surface area contributed by atoms with Gasteiger partial charge in [0.1, 0.15) is 0 Å². The second kappa shape index (κ2) is 4.09. The zero-order valence-corrected chi connectivity index (χ0v) is 10.9. The van der Waals surface area contributed by atoms with Gasteiger partial charge in [-0.3, -0.25) is 0 Å². The first-order valence-corrected chi connectivity index (χ1v) is 7.56. The Bertz CT molecular complexity index is 428. The zero-order chi connectivity index (χ0) is 12.1. The summed E-state index contributed by atoms with van der Waals surface area (Å²) < 4.78 is 0. The highest BCUT2D eigenvalue weighted by molar-refractivity contribution is 5.32. The van der Waals surface area contributed by atoms with Crippen molar-refractivity contribution in [2.75, 3.05) is 0 Å². The minimum Gasteiger partial charge on any atom is -0.393 e.